The van der Waals surface area contributed by atoms with Crippen LogP contribution in [-0.4, -0.2) is 75.6 Å². The third kappa shape index (κ3) is 5.36. The molecule has 188 valence electrons. The van der Waals surface area contributed by atoms with Gasteiger partial charge in [0.05, 0.1) is 19.2 Å². The lowest BCUT2D eigenvalue weighted by Gasteiger charge is -2.37. The summed E-state index contributed by atoms with van der Waals surface area (Å²) in [7, 11) is 1.67. The molecule has 8 nitrogen and oxygen atoms in total. The zero-order chi connectivity index (χ0) is 25.8. The minimum Gasteiger partial charge on any atom is -0.472 e. The van der Waals surface area contributed by atoms with Crippen LogP contribution in [0.25, 0.3) is 11.1 Å². The first-order valence-corrected chi connectivity index (χ1v) is 11.8. The Morgan fingerprint density at radius 1 is 1.22 bits per heavy atom. The summed E-state index contributed by atoms with van der Waals surface area (Å²) in [6, 6.07) is 12.4. The number of ether oxygens (including phenoxy) is 1. The van der Waals surface area contributed by atoms with Crippen LogP contribution < -0.4 is 4.74 Å². The van der Waals surface area contributed by atoms with Crippen molar-refractivity contribution in [2.45, 2.75) is 26.0 Å². The van der Waals surface area contributed by atoms with Crippen molar-refractivity contribution in [3.05, 3.63) is 78.0 Å². The van der Waals surface area contributed by atoms with Gasteiger partial charge in [-0.05, 0) is 42.8 Å². The first-order chi connectivity index (χ1) is 17.3. The molecule has 0 saturated carbocycles. The molecule has 1 aliphatic rings. The Bertz CT molecular complexity index is 1240. The number of halogens is 1. The topological polar surface area (TPSA) is 95.9 Å². The molecule has 2 amide bonds. The van der Waals surface area contributed by atoms with Crippen LogP contribution in [0.4, 0.5) is 4.39 Å². The van der Waals surface area contributed by atoms with Gasteiger partial charge in [-0.2, -0.15) is 0 Å². The Morgan fingerprint density at radius 3 is 2.72 bits per heavy atom. The van der Waals surface area contributed by atoms with Gasteiger partial charge in [0.25, 0.3) is 11.8 Å². The summed E-state index contributed by atoms with van der Waals surface area (Å²) in [5.41, 5.74) is 1.68. The van der Waals surface area contributed by atoms with E-state index in [9.17, 15) is 19.1 Å². The van der Waals surface area contributed by atoms with E-state index >= 15 is 0 Å². The highest BCUT2D eigenvalue weighted by atomic mass is 19.1. The van der Waals surface area contributed by atoms with E-state index in [0.29, 0.717) is 23.4 Å². The van der Waals surface area contributed by atoms with Crippen molar-refractivity contribution >= 4 is 11.8 Å². The lowest BCUT2D eigenvalue weighted by molar-refractivity contribution is 0.0312. The van der Waals surface area contributed by atoms with Gasteiger partial charge in [0, 0.05) is 37.5 Å². The second-order valence-corrected chi connectivity index (χ2v) is 9.11. The van der Waals surface area contributed by atoms with Crippen LogP contribution in [0.5, 0.6) is 5.88 Å². The summed E-state index contributed by atoms with van der Waals surface area (Å²) in [4.78, 5) is 38.1. The van der Waals surface area contributed by atoms with E-state index in [1.807, 2.05) is 6.92 Å². The highest BCUT2D eigenvalue weighted by Gasteiger charge is 2.35. The van der Waals surface area contributed by atoms with Gasteiger partial charge < -0.3 is 19.6 Å². The van der Waals surface area contributed by atoms with Crippen LogP contribution in [-0.2, 0) is 0 Å². The van der Waals surface area contributed by atoms with Crippen LogP contribution in [0.3, 0.4) is 0 Å². The highest BCUT2D eigenvalue weighted by Crippen LogP contribution is 2.30. The molecule has 0 aliphatic carbocycles. The first kappa shape index (κ1) is 25.2. The fourth-order valence-electron chi connectivity index (χ4n) is 4.18. The highest BCUT2D eigenvalue weighted by molar-refractivity contribution is 5.98. The number of pyridine rings is 2. The molecule has 2 aromatic heterocycles. The molecule has 3 aromatic rings. The molecule has 3 atom stereocenters. The smallest absolute Gasteiger partial charge is 0.272 e. The summed E-state index contributed by atoms with van der Waals surface area (Å²) in [5.74, 6) is -1.03. The van der Waals surface area contributed by atoms with Crippen LogP contribution in [0.1, 0.15) is 34.7 Å². The number of likely N-dealkylation sites (N-methyl/N-ethyl adjacent to an activating group) is 1. The Hall–Kier alpha value is -3.85. The van der Waals surface area contributed by atoms with Crippen molar-refractivity contribution < 1.29 is 23.8 Å². The monoisotopic (exact) mass is 492 g/mol. The van der Waals surface area contributed by atoms with Gasteiger partial charge in [-0.15, -0.1) is 0 Å². The van der Waals surface area contributed by atoms with Crippen LogP contribution in [0.2, 0.25) is 0 Å². The number of hydrogen-bond acceptors (Lipinski definition) is 6. The number of amides is 2. The average molecular weight is 493 g/mol. The van der Waals surface area contributed by atoms with E-state index in [1.54, 1.807) is 61.5 Å². The van der Waals surface area contributed by atoms with E-state index in [1.165, 1.54) is 23.2 Å². The van der Waals surface area contributed by atoms with Gasteiger partial charge in [0.1, 0.15) is 23.2 Å². The molecule has 1 aliphatic heterocycles. The lowest BCUT2D eigenvalue weighted by Crippen LogP contribution is -2.50. The molecule has 0 saturated heterocycles. The number of fused-ring (bicyclic) bond motifs is 1. The molecule has 0 bridgehead atoms. The maximum atomic E-state index is 13.8. The molecule has 3 heterocycles. The lowest BCUT2D eigenvalue weighted by atomic mass is 9.99. The first-order valence-electron chi connectivity index (χ1n) is 11.8. The zero-order valence-corrected chi connectivity index (χ0v) is 20.5. The zero-order valence-electron chi connectivity index (χ0n) is 20.5. The molecule has 1 N–H and O–H groups in total. The molecule has 0 spiro atoms. The molecule has 0 unspecified atom stereocenters. The van der Waals surface area contributed by atoms with Crippen LogP contribution >= 0.6 is 0 Å². The van der Waals surface area contributed by atoms with Gasteiger partial charge in [-0.25, -0.2) is 9.37 Å². The summed E-state index contributed by atoms with van der Waals surface area (Å²) in [6.07, 6.45) is 2.61. The van der Waals surface area contributed by atoms with E-state index in [2.05, 4.69) is 9.97 Å². The number of aliphatic hydroxyl groups excluding tert-OH is 1. The number of aliphatic hydroxyl groups is 1. The Labute approximate surface area is 209 Å². The molecule has 4 rings (SSSR count). The van der Waals surface area contributed by atoms with E-state index < -0.39 is 18.0 Å². The molecular formula is C27H29FN4O4. The van der Waals surface area contributed by atoms with Crippen molar-refractivity contribution in [3.63, 3.8) is 0 Å². The predicted molar refractivity (Wildman–Crippen MR) is 132 cm³/mol. The van der Waals surface area contributed by atoms with Gasteiger partial charge in [-0.1, -0.05) is 25.1 Å². The Morgan fingerprint density at radius 2 is 2.03 bits per heavy atom. The largest absolute Gasteiger partial charge is 0.472 e. The molecule has 36 heavy (non-hydrogen) atoms. The number of nitrogens with zero attached hydrogens (tertiary/aromatic N) is 4. The molecular weight excluding hydrogens is 463 g/mol. The maximum absolute atomic E-state index is 13.8. The average Bonchev–Trinajstić information content (AvgIpc) is 2.90. The number of benzene rings is 1. The molecule has 0 radical (unpaired) electrons. The van der Waals surface area contributed by atoms with Gasteiger partial charge in [0.15, 0.2) is 0 Å². The van der Waals surface area contributed by atoms with Crippen molar-refractivity contribution in [1.82, 2.24) is 19.8 Å². The van der Waals surface area contributed by atoms with Crippen molar-refractivity contribution in [2.75, 3.05) is 26.7 Å². The maximum Gasteiger partial charge on any atom is 0.272 e. The minimum absolute atomic E-state index is 0.130. The van der Waals surface area contributed by atoms with Crippen LogP contribution in [0, 0.1) is 11.7 Å². The number of carbonyl (C=O) groups excluding carboxylic acids is 2. The van der Waals surface area contributed by atoms with E-state index in [0.717, 1.165) is 0 Å². The fourth-order valence-corrected chi connectivity index (χ4v) is 4.18. The van der Waals surface area contributed by atoms with Gasteiger partial charge in [-0.3, -0.25) is 14.6 Å². The Kier molecular flexibility index (Phi) is 7.59. The molecule has 9 heteroatoms. The third-order valence-corrected chi connectivity index (χ3v) is 6.36. The number of rotatable bonds is 6. The SMILES string of the molecule is C[C@H]1CN([C@@H](C)CO)C(=O)c2cc(-c3cccc(F)c3)cnc2O[C@@H]1CN(C)C(=O)c1ccccn1. The van der Waals surface area contributed by atoms with Gasteiger partial charge in [0.2, 0.25) is 5.88 Å². The standard InChI is InChI=1S/C27H29FN4O4/c1-17-14-32(18(2)16-33)26(34)22-12-20(19-7-6-8-21(28)11-19)13-30-25(22)36-24(17)15-31(3)27(35)23-9-4-5-10-29-23/h4-13,17-18,24,33H,14-16H2,1-3H3/t17-,18-,24+/m0/s1. The number of hydrogen-bond donors (Lipinski definition) is 1. The third-order valence-electron chi connectivity index (χ3n) is 6.36. The van der Waals surface area contributed by atoms with E-state index in [-0.39, 0.29) is 42.3 Å². The number of carbonyl (C=O) groups is 2. The summed E-state index contributed by atoms with van der Waals surface area (Å²) in [6.45, 7) is 4.02. The normalized spacial score (nSPS) is 18.5. The fraction of sp³-hybridized carbons (Fsp3) is 0.333. The predicted octanol–water partition coefficient (Wildman–Crippen LogP) is 3.28. The van der Waals surface area contributed by atoms with Crippen LogP contribution in [0.15, 0.2) is 60.9 Å². The van der Waals surface area contributed by atoms with E-state index in [4.69, 9.17) is 4.74 Å². The second-order valence-electron chi connectivity index (χ2n) is 9.11. The second kappa shape index (κ2) is 10.8. The minimum atomic E-state index is -0.490. The van der Waals surface area contributed by atoms with Crippen molar-refractivity contribution in [3.8, 4) is 17.0 Å². The Balaban J connectivity index is 1.69. The van der Waals surface area contributed by atoms with Crippen molar-refractivity contribution in [2.24, 2.45) is 5.92 Å². The van der Waals surface area contributed by atoms with Crippen molar-refractivity contribution in [1.29, 1.82) is 0 Å². The molecule has 0 fully saturated rings. The molecule has 1 aromatic carbocycles. The quantitative estimate of drug-likeness (QED) is 0.568. The summed E-state index contributed by atoms with van der Waals surface area (Å²) < 4.78 is 20.1. The summed E-state index contributed by atoms with van der Waals surface area (Å²) in [5, 5.41) is 9.83. The number of aromatic nitrogens is 2. The van der Waals surface area contributed by atoms with Gasteiger partial charge >= 0.3 is 0 Å². The summed E-state index contributed by atoms with van der Waals surface area (Å²) >= 11 is 0.